The molecule has 0 amide bonds. The smallest absolute Gasteiger partial charge is 0.378 e. The van der Waals surface area contributed by atoms with Crippen molar-refractivity contribution in [2.45, 2.75) is 6.36 Å². The van der Waals surface area contributed by atoms with E-state index in [1.54, 1.807) is 0 Å². The maximum absolute atomic E-state index is 12.7. The Morgan fingerprint density at radius 2 is 2.25 bits per heavy atom. The molecule has 0 aliphatic rings. The van der Waals surface area contributed by atoms with Gasteiger partial charge in [-0.1, -0.05) is 11.6 Å². The number of alkyl halides is 1. The molecule has 6 nitrogen and oxygen atoms in total. The van der Waals surface area contributed by atoms with E-state index in [1.165, 1.54) is 6.07 Å². The Morgan fingerprint density at radius 3 is 2.75 bits per heavy atom. The Bertz CT molecular complexity index is 438. The zero-order valence-electron chi connectivity index (χ0n) is 7.59. The molecule has 1 unspecified atom stereocenters. The lowest BCUT2D eigenvalue weighted by molar-refractivity contribution is -0.386. The largest absolute Gasteiger partial charge is 0.476 e. The first-order valence-electron chi connectivity index (χ1n) is 3.89. The molecule has 1 aromatic rings. The van der Waals surface area contributed by atoms with Crippen molar-refractivity contribution in [2.75, 3.05) is 0 Å². The molecule has 0 radical (unpaired) electrons. The SMILES string of the molecule is O=C(O)C(F)Oc1ccc(Cl)cc1[N+](=O)[O-]. The Morgan fingerprint density at radius 1 is 1.62 bits per heavy atom. The highest BCUT2D eigenvalue weighted by molar-refractivity contribution is 6.30. The zero-order chi connectivity index (χ0) is 12.3. The molecule has 1 rings (SSSR count). The number of nitro groups is 1. The van der Waals surface area contributed by atoms with Crippen LogP contribution in [-0.4, -0.2) is 22.4 Å². The van der Waals surface area contributed by atoms with Crippen LogP contribution in [0.3, 0.4) is 0 Å². The second-order valence-corrected chi connectivity index (χ2v) is 3.08. The summed E-state index contributed by atoms with van der Waals surface area (Å²) < 4.78 is 16.9. The van der Waals surface area contributed by atoms with E-state index in [2.05, 4.69) is 4.74 Å². The maximum Gasteiger partial charge on any atom is 0.378 e. The molecular formula is C8H5ClFNO5. The summed E-state index contributed by atoms with van der Waals surface area (Å²) >= 11 is 5.49. The third kappa shape index (κ3) is 2.80. The highest BCUT2D eigenvalue weighted by atomic mass is 35.5. The van der Waals surface area contributed by atoms with Crippen molar-refractivity contribution in [3.8, 4) is 5.75 Å². The molecule has 1 aromatic carbocycles. The fourth-order valence-corrected chi connectivity index (χ4v) is 1.06. The van der Waals surface area contributed by atoms with E-state index >= 15 is 0 Å². The van der Waals surface area contributed by atoms with Gasteiger partial charge < -0.3 is 9.84 Å². The lowest BCUT2D eigenvalue weighted by Gasteiger charge is -2.07. The molecule has 1 atom stereocenters. The first-order chi connectivity index (χ1) is 7.41. The summed E-state index contributed by atoms with van der Waals surface area (Å²) in [5, 5.41) is 18.8. The summed E-state index contributed by atoms with van der Waals surface area (Å²) in [7, 11) is 0. The number of ether oxygens (including phenoxy) is 1. The summed E-state index contributed by atoms with van der Waals surface area (Å²) in [6, 6.07) is 3.18. The normalized spacial score (nSPS) is 11.9. The van der Waals surface area contributed by atoms with E-state index < -0.39 is 28.7 Å². The molecule has 0 saturated heterocycles. The summed E-state index contributed by atoms with van der Waals surface area (Å²) in [5.74, 6) is -2.37. The Kier molecular flexibility index (Phi) is 3.62. The molecule has 0 saturated carbocycles. The van der Waals surface area contributed by atoms with Crippen LogP contribution in [0.1, 0.15) is 0 Å². The molecule has 8 heteroatoms. The quantitative estimate of drug-likeness (QED) is 0.651. The van der Waals surface area contributed by atoms with E-state index in [9.17, 15) is 19.3 Å². The molecule has 0 bridgehead atoms. The van der Waals surface area contributed by atoms with Gasteiger partial charge in [-0.2, -0.15) is 4.39 Å². The monoisotopic (exact) mass is 249 g/mol. The van der Waals surface area contributed by atoms with Crippen molar-refractivity contribution in [3.63, 3.8) is 0 Å². The van der Waals surface area contributed by atoms with Gasteiger partial charge in [-0.3, -0.25) is 10.1 Å². The van der Waals surface area contributed by atoms with Crippen LogP contribution in [0.5, 0.6) is 5.75 Å². The first-order valence-corrected chi connectivity index (χ1v) is 4.27. The lowest BCUT2D eigenvalue weighted by Crippen LogP contribution is -2.21. The molecule has 0 aliphatic carbocycles. The van der Waals surface area contributed by atoms with Crippen molar-refractivity contribution >= 4 is 23.3 Å². The van der Waals surface area contributed by atoms with E-state index in [0.717, 1.165) is 12.1 Å². The van der Waals surface area contributed by atoms with Crippen molar-refractivity contribution in [1.82, 2.24) is 0 Å². The fourth-order valence-electron chi connectivity index (χ4n) is 0.895. The van der Waals surface area contributed by atoms with Gasteiger partial charge in [0.1, 0.15) is 0 Å². The van der Waals surface area contributed by atoms with E-state index in [0.29, 0.717) is 0 Å². The molecule has 1 N–H and O–H groups in total. The van der Waals surface area contributed by atoms with Crippen LogP contribution < -0.4 is 4.74 Å². The summed E-state index contributed by atoms with van der Waals surface area (Å²) in [6.07, 6.45) is -2.67. The number of carboxylic acid groups (broad SMARTS) is 1. The number of carboxylic acids is 1. The van der Waals surface area contributed by atoms with Crippen molar-refractivity contribution in [3.05, 3.63) is 33.3 Å². The van der Waals surface area contributed by atoms with Gasteiger partial charge >= 0.3 is 18.0 Å². The molecule has 86 valence electrons. The van der Waals surface area contributed by atoms with E-state index in [4.69, 9.17) is 16.7 Å². The van der Waals surface area contributed by atoms with Gasteiger partial charge in [0.2, 0.25) is 5.75 Å². The Balaban J connectivity index is 3.04. The van der Waals surface area contributed by atoms with Crippen LogP contribution in [-0.2, 0) is 4.79 Å². The highest BCUT2D eigenvalue weighted by Gasteiger charge is 2.23. The second kappa shape index (κ2) is 4.75. The molecule has 0 fully saturated rings. The lowest BCUT2D eigenvalue weighted by atomic mass is 10.3. The van der Waals surface area contributed by atoms with Crippen LogP contribution in [0, 0.1) is 10.1 Å². The van der Waals surface area contributed by atoms with Crippen LogP contribution in [0.15, 0.2) is 18.2 Å². The minimum atomic E-state index is -2.67. The molecule has 0 heterocycles. The number of nitro benzene ring substituents is 1. The second-order valence-electron chi connectivity index (χ2n) is 2.64. The van der Waals surface area contributed by atoms with Gasteiger partial charge in [-0.05, 0) is 12.1 Å². The molecule has 0 spiro atoms. The van der Waals surface area contributed by atoms with Gasteiger partial charge in [0, 0.05) is 11.1 Å². The number of aliphatic carboxylic acids is 1. The fraction of sp³-hybridized carbons (Fsp3) is 0.125. The highest BCUT2D eigenvalue weighted by Crippen LogP contribution is 2.30. The third-order valence-corrected chi connectivity index (χ3v) is 1.78. The standard InChI is InChI=1S/C8H5ClFNO5/c9-4-1-2-6(5(3-4)11(14)15)16-7(10)8(12)13/h1-3,7H,(H,12,13). The van der Waals surface area contributed by atoms with Crippen LogP contribution >= 0.6 is 11.6 Å². The zero-order valence-corrected chi connectivity index (χ0v) is 8.35. The van der Waals surface area contributed by atoms with Crippen LogP contribution in [0.25, 0.3) is 0 Å². The maximum atomic E-state index is 12.7. The van der Waals surface area contributed by atoms with Crippen molar-refractivity contribution in [1.29, 1.82) is 0 Å². The van der Waals surface area contributed by atoms with Crippen LogP contribution in [0.2, 0.25) is 5.02 Å². The number of carbonyl (C=O) groups is 1. The molecule has 16 heavy (non-hydrogen) atoms. The number of hydrogen-bond acceptors (Lipinski definition) is 4. The molecular weight excluding hydrogens is 245 g/mol. The molecule has 0 aromatic heterocycles. The summed E-state index contributed by atoms with van der Waals surface area (Å²) in [6.45, 7) is 0. The van der Waals surface area contributed by atoms with Gasteiger partial charge in [-0.15, -0.1) is 0 Å². The molecule has 0 aliphatic heterocycles. The van der Waals surface area contributed by atoms with Gasteiger partial charge in [0.05, 0.1) is 4.92 Å². The third-order valence-electron chi connectivity index (χ3n) is 1.54. The Hall–Kier alpha value is -1.89. The van der Waals surface area contributed by atoms with Crippen molar-refractivity contribution < 1.29 is 24.0 Å². The number of rotatable bonds is 4. The minimum Gasteiger partial charge on any atom is -0.476 e. The minimum absolute atomic E-state index is 0.0600. The van der Waals surface area contributed by atoms with Gasteiger partial charge in [0.25, 0.3) is 0 Å². The van der Waals surface area contributed by atoms with Gasteiger partial charge in [-0.25, -0.2) is 4.79 Å². The van der Waals surface area contributed by atoms with Gasteiger partial charge in [0.15, 0.2) is 0 Å². The first kappa shape index (κ1) is 12.2. The topological polar surface area (TPSA) is 89.7 Å². The van der Waals surface area contributed by atoms with Crippen molar-refractivity contribution in [2.24, 2.45) is 0 Å². The number of halogens is 2. The predicted octanol–water partition coefficient (Wildman–Crippen LogP) is 2.01. The average Bonchev–Trinajstić information content (AvgIpc) is 2.20. The summed E-state index contributed by atoms with van der Waals surface area (Å²) in [5.41, 5.74) is -0.601. The van der Waals surface area contributed by atoms with E-state index in [-0.39, 0.29) is 5.02 Å². The number of benzene rings is 1. The predicted molar refractivity (Wildman–Crippen MR) is 51.3 cm³/mol. The van der Waals surface area contributed by atoms with E-state index in [1.807, 2.05) is 0 Å². The number of nitrogens with zero attached hydrogens (tertiary/aromatic N) is 1. The summed E-state index contributed by atoms with van der Waals surface area (Å²) in [4.78, 5) is 19.8. The number of hydrogen-bond donors (Lipinski definition) is 1. The average molecular weight is 250 g/mol. The van der Waals surface area contributed by atoms with Crippen LogP contribution in [0.4, 0.5) is 10.1 Å². The Labute approximate surface area is 93.4 Å².